The first-order valence-electron chi connectivity index (χ1n) is 7.77. The van der Waals surface area contributed by atoms with Crippen molar-refractivity contribution in [3.8, 4) is 5.75 Å². The molecule has 0 aromatic heterocycles. The summed E-state index contributed by atoms with van der Waals surface area (Å²) in [6.07, 6.45) is 0.945. The zero-order chi connectivity index (χ0) is 17.4. The molecule has 0 fully saturated rings. The topological polar surface area (TPSA) is 55.4 Å². The second kappa shape index (κ2) is 8.82. The molecule has 0 spiro atoms. The maximum Gasteiger partial charge on any atom is 0.220 e. The van der Waals surface area contributed by atoms with Crippen LogP contribution in [0.2, 0.25) is 0 Å². The molecule has 0 aliphatic carbocycles. The molecule has 0 bridgehead atoms. The minimum atomic E-state index is -0.386. The van der Waals surface area contributed by atoms with Crippen LogP contribution in [0.25, 0.3) is 0 Å². The van der Waals surface area contributed by atoms with Gasteiger partial charge in [0, 0.05) is 24.9 Å². The molecule has 126 valence electrons. The Kier molecular flexibility index (Phi) is 6.49. The van der Waals surface area contributed by atoms with Gasteiger partial charge >= 0.3 is 0 Å². The number of hydrogen-bond acceptors (Lipinski definition) is 3. The van der Waals surface area contributed by atoms with Crippen LogP contribution in [0.15, 0.2) is 48.5 Å². The van der Waals surface area contributed by atoms with Crippen LogP contribution in [0, 0.1) is 5.82 Å². The highest BCUT2D eigenvalue weighted by Gasteiger charge is 2.09. The van der Waals surface area contributed by atoms with Crippen LogP contribution in [0.1, 0.15) is 28.8 Å². The molecule has 24 heavy (non-hydrogen) atoms. The quantitative estimate of drug-likeness (QED) is 0.757. The van der Waals surface area contributed by atoms with Gasteiger partial charge in [-0.2, -0.15) is 0 Å². The fourth-order valence-electron chi connectivity index (χ4n) is 2.23. The second-order valence-electron chi connectivity index (χ2n) is 5.38. The molecule has 0 heterocycles. The van der Waals surface area contributed by atoms with Crippen molar-refractivity contribution in [2.75, 3.05) is 13.7 Å². The van der Waals surface area contributed by atoms with Crippen molar-refractivity contribution in [3.63, 3.8) is 0 Å². The zero-order valence-electron chi connectivity index (χ0n) is 13.5. The van der Waals surface area contributed by atoms with Gasteiger partial charge in [0.25, 0.3) is 0 Å². The molecule has 5 heteroatoms. The van der Waals surface area contributed by atoms with E-state index in [9.17, 15) is 14.0 Å². The largest absolute Gasteiger partial charge is 0.497 e. The van der Waals surface area contributed by atoms with Gasteiger partial charge in [-0.1, -0.05) is 12.1 Å². The molecule has 2 aromatic rings. The molecule has 4 nitrogen and oxygen atoms in total. The van der Waals surface area contributed by atoms with E-state index in [1.54, 1.807) is 7.11 Å². The zero-order valence-corrected chi connectivity index (χ0v) is 13.5. The van der Waals surface area contributed by atoms with Gasteiger partial charge in [-0.25, -0.2) is 4.39 Å². The summed E-state index contributed by atoms with van der Waals surface area (Å²) >= 11 is 0. The molecular weight excluding hydrogens is 309 g/mol. The van der Waals surface area contributed by atoms with E-state index >= 15 is 0 Å². The Bertz CT molecular complexity index is 681. The molecule has 0 unspecified atom stereocenters. The summed E-state index contributed by atoms with van der Waals surface area (Å²) < 4.78 is 17.9. The summed E-state index contributed by atoms with van der Waals surface area (Å²) in [7, 11) is 1.61. The number of halogens is 1. The van der Waals surface area contributed by atoms with Crippen molar-refractivity contribution in [1.29, 1.82) is 0 Å². The average molecular weight is 329 g/mol. The monoisotopic (exact) mass is 329 g/mol. The predicted molar refractivity (Wildman–Crippen MR) is 89.7 cm³/mol. The third kappa shape index (κ3) is 5.50. The number of carbonyl (C=O) groups excluding carboxylic acids is 2. The number of amides is 1. The smallest absolute Gasteiger partial charge is 0.220 e. The summed E-state index contributed by atoms with van der Waals surface area (Å²) in [6.45, 7) is 0.510. The van der Waals surface area contributed by atoms with Crippen LogP contribution in [0.4, 0.5) is 4.39 Å². The highest BCUT2D eigenvalue weighted by atomic mass is 19.1. The number of ether oxygens (including phenoxy) is 1. The van der Waals surface area contributed by atoms with Crippen LogP contribution in [0.3, 0.4) is 0 Å². The van der Waals surface area contributed by atoms with Gasteiger partial charge < -0.3 is 10.1 Å². The first-order valence-corrected chi connectivity index (χ1v) is 7.77. The summed E-state index contributed by atoms with van der Waals surface area (Å²) in [5.74, 6) is 0.0733. The van der Waals surface area contributed by atoms with E-state index in [1.165, 1.54) is 24.3 Å². The first kappa shape index (κ1) is 17.7. The SMILES string of the molecule is COc1ccc(CCNC(=O)CCC(=O)c2ccc(F)cc2)cc1. The third-order valence-electron chi connectivity index (χ3n) is 3.64. The molecular formula is C19H20FNO3. The minimum Gasteiger partial charge on any atom is -0.497 e. The van der Waals surface area contributed by atoms with Gasteiger partial charge in [0.05, 0.1) is 7.11 Å². The first-order chi connectivity index (χ1) is 11.6. The number of ketones is 1. The van der Waals surface area contributed by atoms with Gasteiger partial charge in [-0.15, -0.1) is 0 Å². The lowest BCUT2D eigenvalue weighted by Crippen LogP contribution is -2.26. The number of benzene rings is 2. The number of methoxy groups -OCH3 is 1. The van der Waals surface area contributed by atoms with Gasteiger partial charge in [-0.05, 0) is 48.4 Å². The van der Waals surface area contributed by atoms with Crippen molar-refractivity contribution < 1.29 is 18.7 Å². The molecule has 0 atom stereocenters. The van der Waals surface area contributed by atoms with Crippen LogP contribution in [0.5, 0.6) is 5.75 Å². The highest BCUT2D eigenvalue weighted by molar-refractivity contribution is 5.97. The fraction of sp³-hybridized carbons (Fsp3) is 0.263. The molecule has 0 saturated carbocycles. The number of carbonyl (C=O) groups is 2. The van der Waals surface area contributed by atoms with Crippen LogP contribution >= 0.6 is 0 Å². The maximum atomic E-state index is 12.8. The molecule has 1 amide bonds. The summed E-state index contributed by atoms with van der Waals surface area (Å²) in [6, 6.07) is 13.0. The minimum absolute atomic E-state index is 0.111. The second-order valence-corrected chi connectivity index (χ2v) is 5.38. The van der Waals surface area contributed by atoms with Gasteiger partial charge in [0.2, 0.25) is 5.91 Å². The maximum absolute atomic E-state index is 12.8. The molecule has 2 rings (SSSR count). The molecule has 0 aliphatic rings. The lowest BCUT2D eigenvalue weighted by Gasteiger charge is -2.06. The van der Waals surface area contributed by atoms with Crippen LogP contribution < -0.4 is 10.1 Å². The van der Waals surface area contributed by atoms with Crippen molar-refractivity contribution in [3.05, 3.63) is 65.5 Å². The van der Waals surface area contributed by atoms with E-state index in [0.29, 0.717) is 18.5 Å². The van der Waals surface area contributed by atoms with E-state index in [4.69, 9.17) is 4.74 Å². The van der Waals surface area contributed by atoms with E-state index in [1.807, 2.05) is 24.3 Å². The Hall–Kier alpha value is -2.69. The molecule has 0 saturated heterocycles. The Morgan fingerprint density at radius 1 is 1.00 bits per heavy atom. The highest BCUT2D eigenvalue weighted by Crippen LogP contribution is 2.11. The summed E-state index contributed by atoms with van der Waals surface area (Å²) in [4.78, 5) is 23.7. The molecule has 0 aliphatic heterocycles. The summed E-state index contributed by atoms with van der Waals surface area (Å²) in [5, 5.41) is 2.79. The lowest BCUT2D eigenvalue weighted by atomic mass is 10.1. The summed E-state index contributed by atoms with van der Waals surface area (Å²) in [5.41, 5.74) is 1.51. The Morgan fingerprint density at radius 3 is 2.29 bits per heavy atom. The van der Waals surface area contributed by atoms with Gasteiger partial charge in [0.15, 0.2) is 5.78 Å². The van der Waals surface area contributed by atoms with Crippen molar-refractivity contribution in [2.45, 2.75) is 19.3 Å². The average Bonchev–Trinajstić information content (AvgIpc) is 2.61. The van der Waals surface area contributed by atoms with Crippen molar-refractivity contribution >= 4 is 11.7 Å². The third-order valence-corrected chi connectivity index (χ3v) is 3.64. The lowest BCUT2D eigenvalue weighted by molar-refractivity contribution is -0.121. The van der Waals surface area contributed by atoms with Gasteiger partial charge in [-0.3, -0.25) is 9.59 Å². The normalized spacial score (nSPS) is 10.2. The number of nitrogens with one attached hydrogen (secondary N) is 1. The Morgan fingerprint density at radius 2 is 1.67 bits per heavy atom. The Balaban J connectivity index is 1.69. The molecule has 1 N–H and O–H groups in total. The fourth-order valence-corrected chi connectivity index (χ4v) is 2.23. The van der Waals surface area contributed by atoms with E-state index in [-0.39, 0.29) is 30.3 Å². The van der Waals surface area contributed by atoms with Crippen molar-refractivity contribution in [2.24, 2.45) is 0 Å². The molecule has 0 radical (unpaired) electrons. The standard InChI is InChI=1S/C19H20FNO3/c1-24-17-8-2-14(3-9-17)12-13-21-19(23)11-10-18(22)15-4-6-16(20)7-5-15/h2-9H,10-13H2,1H3,(H,21,23). The molecule has 2 aromatic carbocycles. The van der Waals surface area contributed by atoms with Gasteiger partial charge in [0.1, 0.15) is 11.6 Å². The van der Waals surface area contributed by atoms with E-state index in [0.717, 1.165) is 11.3 Å². The predicted octanol–water partition coefficient (Wildman–Crippen LogP) is 3.16. The van der Waals surface area contributed by atoms with E-state index < -0.39 is 0 Å². The van der Waals surface area contributed by atoms with Crippen molar-refractivity contribution in [1.82, 2.24) is 5.32 Å². The van der Waals surface area contributed by atoms with Crippen LogP contribution in [-0.4, -0.2) is 25.3 Å². The number of hydrogen-bond donors (Lipinski definition) is 1. The van der Waals surface area contributed by atoms with Crippen LogP contribution in [-0.2, 0) is 11.2 Å². The van der Waals surface area contributed by atoms with E-state index in [2.05, 4.69) is 5.32 Å². The Labute approximate surface area is 140 Å². The number of rotatable bonds is 8. The number of Topliss-reactive ketones (excluding diaryl/α,β-unsaturated/α-hetero) is 1.